The lowest BCUT2D eigenvalue weighted by atomic mass is 9.49. The second-order valence-electron chi connectivity index (χ2n) is 16.0. The molecule has 9 aromatic carbocycles. The van der Waals surface area contributed by atoms with Crippen molar-refractivity contribution >= 4 is 38.6 Å². The van der Waals surface area contributed by atoms with E-state index in [-0.39, 0.29) is 10.8 Å². The minimum absolute atomic E-state index is 0.0983. The maximum Gasteiger partial charge on any atom is 0.0726 e. The molecule has 0 saturated carbocycles. The van der Waals surface area contributed by atoms with E-state index in [2.05, 4.69) is 207 Å². The summed E-state index contributed by atoms with van der Waals surface area (Å²) in [6.45, 7) is 4.74. The summed E-state index contributed by atoms with van der Waals surface area (Å²) >= 11 is 0. The van der Waals surface area contributed by atoms with Gasteiger partial charge in [-0.25, -0.2) is 0 Å². The van der Waals surface area contributed by atoms with Crippen molar-refractivity contribution in [3.05, 3.63) is 221 Å². The Morgan fingerprint density at radius 2 is 0.891 bits per heavy atom. The molecule has 0 N–H and O–H groups in total. The summed E-state index contributed by atoms with van der Waals surface area (Å²) in [5, 5.41) is 5.44. The van der Waals surface area contributed by atoms with Gasteiger partial charge in [-0.1, -0.05) is 172 Å². The van der Waals surface area contributed by atoms with Crippen molar-refractivity contribution in [2.24, 2.45) is 0 Å². The predicted octanol–water partition coefficient (Wildman–Crippen LogP) is 14.1. The number of hydrogen-bond donors (Lipinski definition) is 0. The molecule has 0 fully saturated rings. The molecule has 1 heteroatoms. The first kappa shape index (κ1) is 30.7. The van der Waals surface area contributed by atoms with E-state index >= 15 is 0 Å². The van der Waals surface area contributed by atoms with Gasteiger partial charge in [0.05, 0.1) is 11.1 Å². The Kier molecular flexibility index (Phi) is 6.11. The van der Waals surface area contributed by atoms with Crippen LogP contribution in [0.5, 0.6) is 0 Å². The van der Waals surface area contributed by atoms with Gasteiger partial charge in [-0.2, -0.15) is 0 Å². The molecule has 55 heavy (non-hydrogen) atoms. The molecule has 0 aromatic heterocycles. The molecular formula is C54H37N. The van der Waals surface area contributed by atoms with Crippen molar-refractivity contribution in [3.63, 3.8) is 0 Å². The minimum atomic E-state index is -0.143. The first-order valence-electron chi connectivity index (χ1n) is 19.4. The van der Waals surface area contributed by atoms with Gasteiger partial charge >= 0.3 is 0 Å². The lowest BCUT2D eigenvalue weighted by Crippen LogP contribution is -2.43. The molecule has 1 nitrogen and oxygen atoms in total. The molecule has 12 rings (SSSR count). The topological polar surface area (TPSA) is 3.24 Å². The monoisotopic (exact) mass is 699 g/mol. The smallest absolute Gasteiger partial charge is 0.0726 e. The van der Waals surface area contributed by atoms with Crippen LogP contribution in [0.15, 0.2) is 188 Å². The normalized spacial score (nSPS) is 14.7. The zero-order valence-corrected chi connectivity index (χ0v) is 30.8. The van der Waals surface area contributed by atoms with E-state index in [0.717, 1.165) is 5.69 Å². The van der Waals surface area contributed by atoms with Gasteiger partial charge in [0, 0.05) is 22.2 Å². The summed E-state index contributed by atoms with van der Waals surface area (Å²) in [4.78, 5) is 2.49. The summed E-state index contributed by atoms with van der Waals surface area (Å²) in [5.74, 6) is 0. The van der Waals surface area contributed by atoms with Crippen molar-refractivity contribution in [1.29, 1.82) is 0 Å². The Balaban J connectivity index is 1.01. The number of anilines is 3. The van der Waals surface area contributed by atoms with Crippen molar-refractivity contribution in [3.8, 4) is 33.4 Å². The van der Waals surface area contributed by atoms with E-state index in [4.69, 9.17) is 0 Å². The highest BCUT2D eigenvalue weighted by Crippen LogP contribution is 2.65. The van der Waals surface area contributed by atoms with Crippen LogP contribution >= 0.6 is 0 Å². The average molecular weight is 700 g/mol. The van der Waals surface area contributed by atoms with Crippen LogP contribution in [-0.2, 0) is 10.8 Å². The lowest BCUT2D eigenvalue weighted by Gasteiger charge is -2.52. The fraction of sp³-hybridized carbons (Fsp3) is 0.0741. The minimum Gasteiger partial charge on any atom is -0.310 e. The molecule has 1 spiro atoms. The van der Waals surface area contributed by atoms with Gasteiger partial charge in [0.25, 0.3) is 0 Å². The first-order chi connectivity index (χ1) is 27.0. The maximum atomic E-state index is 2.49. The maximum absolute atomic E-state index is 2.49. The van der Waals surface area contributed by atoms with Crippen LogP contribution in [0.1, 0.15) is 47.2 Å². The number of rotatable bonds is 5. The van der Waals surface area contributed by atoms with Crippen LogP contribution in [0.4, 0.5) is 17.1 Å². The third kappa shape index (κ3) is 3.97. The Labute approximate surface area is 321 Å². The standard InChI is InChI=1S/C54H37N/c1-53(2)44-17-7-6-15-41(44)42-30-29-40(33-49(42)53)55(39-27-25-37(26-28-39)36-23-21-35(22-24-36)34-11-4-3-5-12-34)50-32-31-48-52-43(50)16-10-20-47(52)54(48)45-18-8-13-38-14-9-19-46(54)51(38)45/h3-33H,1-2H3. The van der Waals surface area contributed by atoms with Crippen molar-refractivity contribution in [2.75, 3.05) is 4.90 Å². The quantitative estimate of drug-likeness (QED) is 0.173. The second kappa shape index (κ2) is 10.9. The molecule has 0 radical (unpaired) electrons. The third-order valence-corrected chi connectivity index (χ3v) is 13.1. The van der Waals surface area contributed by atoms with Crippen LogP contribution < -0.4 is 4.90 Å². The average Bonchev–Trinajstić information content (AvgIpc) is 3.46. The molecule has 0 amide bonds. The van der Waals surface area contributed by atoms with Crippen LogP contribution in [0.2, 0.25) is 0 Å². The molecule has 0 unspecified atom stereocenters. The number of fused-ring (bicyclic) bond motifs is 7. The van der Waals surface area contributed by atoms with Gasteiger partial charge in [-0.05, 0) is 113 Å². The van der Waals surface area contributed by atoms with E-state index < -0.39 is 0 Å². The van der Waals surface area contributed by atoms with E-state index in [1.54, 1.807) is 0 Å². The van der Waals surface area contributed by atoms with Gasteiger partial charge in [-0.3, -0.25) is 0 Å². The Morgan fingerprint density at radius 3 is 1.60 bits per heavy atom. The van der Waals surface area contributed by atoms with E-state index in [1.165, 1.54) is 99.7 Å². The van der Waals surface area contributed by atoms with Crippen LogP contribution in [0, 0.1) is 0 Å². The van der Waals surface area contributed by atoms with E-state index in [9.17, 15) is 0 Å². The lowest BCUT2D eigenvalue weighted by molar-refractivity contribution is 0.660. The fourth-order valence-corrected chi connectivity index (χ4v) is 10.5. The number of benzene rings is 9. The Hall–Kier alpha value is -6.70. The molecular weight excluding hydrogens is 663 g/mol. The first-order valence-corrected chi connectivity index (χ1v) is 19.4. The summed E-state index contributed by atoms with van der Waals surface area (Å²) in [6, 6.07) is 70.1. The van der Waals surface area contributed by atoms with Gasteiger partial charge in [0.2, 0.25) is 0 Å². The molecule has 9 aromatic rings. The fourth-order valence-electron chi connectivity index (χ4n) is 10.5. The summed E-state index contributed by atoms with van der Waals surface area (Å²) < 4.78 is 0. The zero-order chi connectivity index (χ0) is 36.5. The summed E-state index contributed by atoms with van der Waals surface area (Å²) in [5.41, 5.74) is 19.3. The number of nitrogens with zero attached hydrogens (tertiary/aromatic N) is 1. The molecule has 258 valence electrons. The molecule has 0 atom stereocenters. The van der Waals surface area contributed by atoms with E-state index in [1.807, 2.05) is 0 Å². The summed E-state index contributed by atoms with van der Waals surface area (Å²) in [6.07, 6.45) is 0. The van der Waals surface area contributed by atoms with Gasteiger partial charge in [0.15, 0.2) is 0 Å². The SMILES string of the molecule is CC1(C)c2ccccc2-c2ccc(N(c3ccc(-c4ccc(-c5ccccc5)cc4)cc3)c3ccc4c5c(cccc35)C43c4cccc5cccc3c45)cc21. The van der Waals surface area contributed by atoms with Crippen molar-refractivity contribution < 1.29 is 0 Å². The molecule has 0 bridgehead atoms. The highest BCUT2D eigenvalue weighted by molar-refractivity contribution is 6.14. The zero-order valence-electron chi connectivity index (χ0n) is 30.8. The van der Waals surface area contributed by atoms with Crippen molar-refractivity contribution in [2.45, 2.75) is 24.7 Å². The largest absolute Gasteiger partial charge is 0.310 e. The van der Waals surface area contributed by atoms with E-state index in [0.29, 0.717) is 0 Å². The van der Waals surface area contributed by atoms with Crippen LogP contribution in [-0.4, -0.2) is 0 Å². The highest BCUT2D eigenvalue weighted by Gasteiger charge is 2.54. The van der Waals surface area contributed by atoms with Crippen LogP contribution in [0.3, 0.4) is 0 Å². The van der Waals surface area contributed by atoms with Gasteiger partial charge < -0.3 is 4.90 Å². The third-order valence-electron chi connectivity index (χ3n) is 13.1. The number of hydrogen-bond acceptors (Lipinski definition) is 1. The van der Waals surface area contributed by atoms with Gasteiger partial charge in [-0.15, -0.1) is 0 Å². The van der Waals surface area contributed by atoms with Gasteiger partial charge in [0.1, 0.15) is 0 Å². The molecule has 3 aliphatic carbocycles. The Bertz CT molecular complexity index is 2990. The second-order valence-corrected chi connectivity index (χ2v) is 16.0. The molecule has 0 saturated heterocycles. The summed E-state index contributed by atoms with van der Waals surface area (Å²) in [7, 11) is 0. The molecule has 0 heterocycles. The molecule has 0 aliphatic heterocycles. The van der Waals surface area contributed by atoms with Crippen LogP contribution in [0.25, 0.3) is 54.9 Å². The highest BCUT2D eigenvalue weighted by atomic mass is 15.1. The molecule has 3 aliphatic rings. The predicted molar refractivity (Wildman–Crippen MR) is 230 cm³/mol. The van der Waals surface area contributed by atoms with Crippen molar-refractivity contribution in [1.82, 2.24) is 0 Å². The Morgan fingerprint density at radius 1 is 0.364 bits per heavy atom.